The van der Waals surface area contributed by atoms with Gasteiger partial charge in [0.1, 0.15) is 0 Å². The Bertz CT molecular complexity index is 861. The Morgan fingerprint density at radius 2 is 1.93 bits per heavy atom. The molecule has 3 aliphatic rings. The van der Waals surface area contributed by atoms with Crippen molar-refractivity contribution in [3.8, 4) is 0 Å². The second kappa shape index (κ2) is 7.26. The molecule has 2 fully saturated rings. The second-order valence-corrected chi connectivity index (χ2v) is 11.6. The van der Waals surface area contributed by atoms with Crippen LogP contribution < -0.4 is 4.46 Å². The number of carbonyl (C=O) groups excluding carboxylic acids is 2. The van der Waals surface area contributed by atoms with E-state index in [4.69, 9.17) is 9.47 Å². The van der Waals surface area contributed by atoms with Crippen LogP contribution in [0.2, 0.25) is 4.82 Å². The number of benzene rings is 1. The summed E-state index contributed by atoms with van der Waals surface area (Å²) in [7, 11) is 0. The van der Waals surface area contributed by atoms with E-state index in [9.17, 15) is 14.7 Å². The van der Waals surface area contributed by atoms with Crippen molar-refractivity contribution in [2.75, 3.05) is 0 Å². The molecule has 1 aromatic carbocycles. The first-order valence-corrected chi connectivity index (χ1v) is 12.0. The first kappa shape index (κ1) is 20.6. The number of ether oxygens (including phenoxy) is 2. The molecule has 0 aromatic heterocycles. The molecule has 1 aliphatic heterocycles. The molecule has 0 radical (unpaired) electrons. The number of hydrogen-bond acceptors (Lipinski definition) is 5. The summed E-state index contributed by atoms with van der Waals surface area (Å²) in [5, 5.41) is 11.7. The van der Waals surface area contributed by atoms with Crippen LogP contribution in [0.5, 0.6) is 0 Å². The van der Waals surface area contributed by atoms with Gasteiger partial charge in [-0.15, -0.1) is 0 Å². The van der Waals surface area contributed by atoms with E-state index in [-0.39, 0.29) is 49.7 Å². The van der Waals surface area contributed by atoms with Gasteiger partial charge in [-0.25, -0.2) is 0 Å². The summed E-state index contributed by atoms with van der Waals surface area (Å²) in [4.78, 5) is 24.3. The minimum atomic E-state index is -0.907. The number of esters is 2. The van der Waals surface area contributed by atoms with Crippen molar-refractivity contribution in [2.24, 2.45) is 11.8 Å². The van der Waals surface area contributed by atoms with E-state index in [2.05, 4.69) is 12.1 Å². The first-order valence-electron chi connectivity index (χ1n) is 10.2. The molecule has 5 nitrogen and oxygen atoms in total. The monoisotopic (exact) mass is 464 g/mol. The first-order chi connectivity index (χ1) is 13.6. The SMILES string of the molecule is CC(=O)O[C@]1(C)C[C@@H]2OC(=O)C(C)=C2C[C@@H]2[C@H]1C[C@H]([Se]c1ccccc1)[C@@]2(C)O. The van der Waals surface area contributed by atoms with Gasteiger partial charge in [0.2, 0.25) is 0 Å². The molecule has 0 saturated heterocycles. The normalized spacial score (nSPS) is 38.9. The van der Waals surface area contributed by atoms with Crippen molar-refractivity contribution in [2.45, 2.75) is 69.1 Å². The predicted octanol–water partition coefficient (Wildman–Crippen LogP) is 2.55. The van der Waals surface area contributed by atoms with Gasteiger partial charge in [0.25, 0.3) is 0 Å². The van der Waals surface area contributed by atoms with Crippen LogP contribution in [0.25, 0.3) is 0 Å². The molecule has 1 heterocycles. The molecule has 1 N–H and O–H groups in total. The molecule has 156 valence electrons. The van der Waals surface area contributed by atoms with Gasteiger partial charge in [-0.1, -0.05) is 0 Å². The molecule has 2 saturated carbocycles. The van der Waals surface area contributed by atoms with Crippen molar-refractivity contribution in [3.63, 3.8) is 0 Å². The molecule has 29 heavy (non-hydrogen) atoms. The van der Waals surface area contributed by atoms with Gasteiger partial charge in [-0.3, -0.25) is 0 Å². The zero-order valence-corrected chi connectivity index (χ0v) is 19.0. The summed E-state index contributed by atoms with van der Waals surface area (Å²) in [6.45, 7) is 7.10. The molecule has 1 aromatic rings. The Balaban J connectivity index is 1.73. The van der Waals surface area contributed by atoms with Gasteiger partial charge in [-0.05, 0) is 0 Å². The van der Waals surface area contributed by atoms with Gasteiger partial charge in [-0.2, -0.15) is 0 Å². The summed E-state index contributed by atoms with van der Waals surface area (Å²) < 4.78 is 12.7. The maximum atomic E-state index is 12.2. The van der Waals surface area contributed by atoms with Crippen molar-refractivity contribution < 1.29 is 24.2 Å². The van der Waals surface area contributed by atoms with Gasteiger partial charge < -0.3 is 0 Å². The summed E-state index contributed by atoms with van der Waals surface area (Å²) in [5.74, 6) is -0.707. The second-order valence-electron chi connectivity index (χ2n) is 8.95. The molecule has 2 aliphatic carbocycles. The Labute approximate surface area is 178 Å². The van der Waals surface area contributed by atoms with Gasteiger partial charge in [0.05, 0.1) is 0 Å². The van der Waals surface area contributed by atoms with Gasteiger partial charge >= 0.3 is 178 Å². The van der Waals surface area contributed by atoms with Crippen LogP contribution in [-0.4, -0.2) is 49.3 Å². The molecule has 0 bridgehead atoms. The third kappa shape index (κ3) is 3.56. The zero-order valence-electron chi connectivity index (χ0n) is 17.3. The van der Waals surface area contributed by atoms with Crippen LogP contribution in [0.1, 0.15) is 47.0 Å². The Morgan fingerprint density at radius 3 is 2.59 bits per heavy atom. The van der Waals surface area contributed by atoms with E-state index in [0.29, 0.717) is 18.4 Å². The maximum absolute atomic E-state index is 12.2. The Kier molecular flexibility index (Phi) is 5.17. The fourth-order valence-electron chi connectivity index (χ4n) is 5.45. The van der Waals surface area contributed by atoms with E-state index in [0.717, 1.165) is 12.0 Å². The van der Waals surface area contributed by atoms with E-state index in [1.165, 1.54) is 11.4 Å². The number of rotatable bonds is 3. The van der Waals surface area contributed by atoms with Crippen molar-refractivity contribution in [3.05, 3.63) is 41.5 Å². The van der Waals surface area contributed by atoms with Crippen molar-refractivity contribution in [1.82, 2.24) is 0 Å². The number of fused-ring (bicyclic) bond motifs is 2. The molecule has 6 heteroatoms. The molecular formula is C23H28O5Se. The zero-order chi connectivity index (χ0) is 21.0. The molecule has 0 unspecified atom stereocenters. The number of aliphatic hydroxyl groups is 1. The van der Waals surface area contributed by atoms with E-state index in [1.807, 2.05) is 32.0 Å². The average molecular weight is 463 g/mol. The predicted molar refractivity (Wildman–Crippen MR) is 110 cm³/mol. The Morgan fingerprint density at radius 1 is 1.24 bits per heavy atom. The molecule has 6 atom stereocenters. The Hall–Kier alpha value is -1.62. The summed E-state index contributed by atoms with van der Waals surface area (Å²) in [6.07, 6.45) is 1.49. The molecule has 0 amide bonds. The van der Waals surface area contributed by atoms with Crippen LogP contribution in [0.4, 0.5) is 0 Å². The van der Waals surface area contributed by atoms with Crippen LogP contribution in [0.3, 0.4) is 0 Å². The van der Waals surface area contributed by atoms with Gasteiger partial charge in [0.15, 0.2) is 0 Å². The van der Waals surface area contributed by atoms with E-state index in [1.54, 1.807) is 6.92 Å². The van der Waals surface area contributed by atoms with E-state index < -0.39 is 11.2 Å². The summed E-state index contributed by atoms with van der Waals surface area (Å²) in [5.41, 5.74) is -0.0719. The standard InChI is InChI=1S/C23H28O5Se/c1-13-16-10-18-17(22(3,28-14(2)24)12-19(16)27-21(13)25)11-20(23(18,4)26)29-15-8-6-5-7-9-15/h5-9,17-20,26H,10-12H2,1-4H3/t17-,18-,19+,20+,22-,23+/m1/s1. The number of hydrogen-bond donors (Lipinski definition) is 1. The molecule has 4 rings (SSSR count). The third-order valence-corrected chi connectivity index (χ3v) is 10.1. The topological polar surface area (TPSA) is 72.8 Å². The molecular weight excluding hydrogens is 435 g/mol. The van der Waals surface area contributed by atoms with Crippen LogP contribution in [-0.2, 0) is 19.1 Å². The quantitative estimate of drug-likeness (QED) is 0.551. The van der Waals surface area contributed by atoms with Gasteiger partial charge in [0, 0.05) is 0 Å². The average Bonchev–Trinajstić information content (AvgIpc) is 2.99. The minimum absolute atomic E-state index is 0.0154. The van der Waals surface area contributed by atoms with Crippen LogP contribution in [0.15, 0.2) is 41.5 Å². The fraction of sp³-hybridized carbons (Fsp3) is 0.565. The summed E-state index contributed by atoms with van der Waals surface area (Å²) in [6, 6.07) is 10.3. The summed E-state index contributed by atoms with van der Waals surface area (Å²) >= 11 is 0.0961. The van der Waals surface area contributed by atoms with Crippen LogP contribution in [0, 0.1) is 11.8 Å². The fourth-order valence-corrected chi connectivity index (χ4v) is 8.30. The molecule has 0 spiro atoms. The van der Waals surface area contributed by atoms with E-state index >= 15 is 0 Å². The van der Waals surface area contributed by atoms with Crippen molar-refractivity contribution >= 4 is 31.4 Å². The van der Waals surface area contributed by atoms with Crippen LogP contribution >= 0.6 is 0 Å². The third-order valence-electron chi connectivity index (χ3n) is 7.00. The number of carbonyl (C=O) groups is 2. The van der Waals surface area contributed by atoms with Crippen molar-refractivity contribution in [1.29, 1.82) is 0 Å².